The van der Waals surface area contributed by atoms with Crippen LogP contribution in [0.2, 0.25) is 0 Å². The Morgan fingerprint density at radius 1 is 1.28 bits per heavy atom. The lowest BCUT2D eigenvalue weighted by atomic mass is 9.99. The van der Waals surface area contributed by atoms with Crippen LogP contribution in [0.1, 0.15) is 24.2 Å². The van der Waals surface area contributed by atoms with Crippen LogP contribution < -0.4 is 4.74 Å². The first-order valence-corrected chi connectivity index (χ1v) is 6.63. The van der Waals surface area contributed by atoms with Crippen LogP contribution in [0, 0.1) is 11.8 Å². The highest BCUT2D eigenvalue weighted by atomic mass is 32.1. The van der Waals surface area contributed by atoms with Gasteiger partial charge in [-0.1, -0.05) is 13.8 Å². The van der Waals surface area contributed by atoms with Crippen molar-refractivity contribution in [2.24, 2.45) is 11.8 Å². The molecule has 3 nitrogen and oxygen atoms in total. The first-order chi connectivity index (χ1) is 8.58. The van der Waals surface area contributed by atoms with Gasteiger partial charge in [-0.05, 0) is 35.9 Å². The third-order valence-electron chi connectivity index (χ3n) is 2.92. The average molecular weight is 268 g/mol. The molecule has 100 valence electrons. The molecule has 0 saturated heterocycles. The Hall–Kier alpha value is -1.16. The first kappa shape index (κ1) is 14.9. The van der Waals surface area contributed by atoms with E-state index in [1.807, 2.05) is 0 Å². The molecule has 1 atom stereocenters. The number of rotatable bonds is 6. The van der Waals surface area contributed by atoms with Crippen molar-refractivity contribution in [3.8, 4) is 5.75 Å². The van der Waals surface area contributed by atoms with E-state index < -0.39 is 0 Å². The second kappa shape index (κ2) is 7.31. The predicted octanol–water partition coefficient (Wildman–Crippen LogP) is 3.05. The molecule has 0 amide bonds. The molecule has 4 heteroatoms. The van der Waals surface area contributed by atoms with Crippen LogP contribution in [-0.4, -0.2) is 25.4 Å². The quantitative estimate of drug-likeness (QED) is 0.636. The summed E-state index contributed by atoms with van der Waals surface area (Å²) in [6.07, 6.45) is 0. The highest BCUT2D eigenvalue weighted by Gasteiger charge is 2.12. The van der Waals surface area contributed by atoms with E-state index in [1.165, 1.54) is 7.11 Å². The first-order valence-electron chi connectivity index (χ1n) is 6.00. The third kappa shape index (κ3) is 4.26. The fourth-order valence-corrected chi connectivity index (χ4v) is 1.99. The van der Waals surface area contributed by atoms with Crippen LogP contribution in [-0.2, 0) is 4.74 Å². The molecule has 1 aromatic carbocycles. The number of ether oxygens (including phenoxy) is 2. The minimum absolute atomic E-state index is 0.336. The minimum Gasteiger partial charge on any atom is -0.493 e. The van der Waals surface area contributed by atoms with Crippen molar-refractivity contribution >= 4 is 18.6 Å². The van der Waals surface area contributed by atoms with Crippen LogP contribution in [0.5, 0.6) is 5.75 Å². The number of hydrogen-bond acceptors (Lipinski definition) is 4. The SMILES string of the molecule is COC(=O)c1ccc(OCC(CS)C(C)C)cc1. The molecule has 0 bridgehead atoms. The van der Waals surface area contributed by atoms with Crippen LogP contribution >= 0.6 is 12.6 Å². The summed E-state index contributed by atoms with van der Waals surface area (Å²) in [6, 6.07) is 6.96. The van der Waals surface area contributed by atoms with Gasteiger partial charge in [-0.15, -0.1) is 0 Å². The summed E-state index contributed by atoms with van der Waals surface area (Å²) < 4.78 is 10.3. The lowest BCUT2D eigenvalue weighted by molar-refractivity contribution is 0.0600. The molecular formula is C14H20O3S. The van der Waals surface area contributed by atoms with Crippen LogP contribution in [0.15, 0.2) is 24.3 Å². The molecule has 0 fully saturated rings. The summed E-state index contributed by atoms with van der Waals surface area (Å²) in [5.74, 6) is 2.19. The second-order valence-electron chi connectivity index (χ2n) is 4.51. The van der Waals surface area contributed by atoms with Gasteiger partial charge in [0.2, 0.25) is 0 Å². The van der Waals surface area contributed by atoms with Gasteiger partial charge in [0.15, 0.2) is 0 Å². The number of esters is 1. The van der Waals surface area contributed by atoms with Crippen molar-refractivity contribution in [3.63, 3.8) is 0 Å². The number of carbonyl (C=O) groups is 1. The third-order valence-corrected chi connectivity index (χ3v) is 3.39. The zero-order chi connectivity index (χ0) is 13.5. The van der Waals surface area contributed by atoms with Gasteiger partial charge >= 0.3 is 5.97 Å². The van der Waals surface area contributed by atoms with Crippen molar-refractivity contribution in [1.29, 1.82) is 0 Å². The molecule has 0 spiro atoms. The van der Waals surface area contributed by atoms with Gasteiger partial charge in [-0.3, -0.25) is 0 Å². The molecule has 0 saturated carbocycles. The highest BCUT2D eigenvalue weighted by Crippen LogP contribution is 2.17. The van der Waals surface area contributed by atoms with E-state index in [-0.39, 0.29) is 5.97 Å². The highest BCUT2D eigenvalue weighted by molar-refractivity contribution is 7.80. The van der Waals surface area contributed by atoms with E-state index >= 15 is 0 Å². The van der Waals surface area contributed by atoms with E-state index in [2.05, 4.69) is 31.2 Å². The average Bonchev–Trinajstić information content (AvgIpc) is 2.39. The standard InChI is InChI=1S/C14H20O3S/c1-10(2)12(9-18)8-17-13-6-4-11(5-7-13)14(15)16-3/h4-7,10,12,18H,8-9H2,1-3H3. The van der Waals surface area contributed by atoms with E-state index in [1.54, 1.807) is 24.3 Å². The van der Waals surface area contributed by atoms with E-state index in [9.17, 15) is 4.79 Å². The molecule has 1 rings (SSSR count). The molecular weight excluding hydrogens is 248 g/mol. The lowest BCUT2D eigenvalue weighted by Crippen LogP contribution is -2.19. The molecule has 18 heavy (non-hydrogen) atoms. The maximum Gasteiger partial charge on any atom is 0.337 e. The smallest absolute Gasteiger partial charge is 0.337 e. The Kier molecular flexibility index (Phi) is 6.05. The van der Waals surface area contributed by atoms with Crippen molar-refractivity contribution < 1.29 is 14.3 Å². The number of methoxy groups -OCH3 is 1. The summed E-state index contributed by atoms with van der Waals surface area (Å²) in [7, 11) is 1.37. The summed E-state index contributed by atoms with van der Waals surface area (Å²) in [4.78, 5) is 11.3. The monoisotopic (exact) mass is 268 g/mol. The number of benzene rings is 1. The summed E-state index contributed by atoms with van der Waals surface area (Å²) in [5, 5.41) is 0. The summed E-state index contributed by atoms with van der Waals surface area (Å²) >= 11 is 4.32. The van der Waals surface area contributed by atoms with Gasteiger partial charge in [0.1, 0.15) is 5.75 Å². The second-order valence-corrected chi connectivity index (χ2v) is 4.88. The van der Waals surface area contributed by atoms with E-state index in [4.69, 9.17) is 4.74 Å². The molecule has 1 aromatic rings. The van der Waals surface area contributed by atoms with Gasteiger partial charge in [-0.25, -0.2) is 4.79 Å². The number of hydrogen-bond donors (Lipinski definition) is 1. The normalized spacial score (nSPS) is 12.3. The maximum absolute atomic E-state index is 11.3. The Balaban J connectivity index is 2.56. The minimum atomic E-state index is -0.336. The molecule has 0 aliphatic heterocycles. The fraction of sp³-hybridized carbons (Fsp3) is 0.500. The largest absolute Gasteiger partial charge is 0.493 e. The van der Waals surface area contributed by atoms with Crippen molar-refractivity contribution in [1.82, 2.24) is 0 Å². The van der Waals surface area contributed by atoms with E-state index in [0.29, 0.717) is 24.0 Å². The zero-order valence-corrected chi connectivity index (χ0v) is 11.9. The van der Waals surface area contributed by atoms with Gasteiger partial charge < -0.3 is 9.47 Å². The van der Waals surface area contributed by atoms with Gasteiger partial charge in [0.25, 0.3) is 0 Å². The van der Waals surface area contributed by atoms with Crippen molar-refractivity contribution in [2.45, 2.75) is 13.8 Å². The summed E-state index contributed by atoms with van der Waals surface area (Å²) in [5.41, 5.74) is 0.527. The molecule has 0 aromatic heterocycles. The molecule has 0 N–H and O–H groups in total. The summed E-state index contributed by atoms with van der Waals surface area (Å²) in [6.45, 7) is 4.95. The Morgan fingerprint density at radius 2 is 1.89 bits per heavy atom. The molecule has 0 radical (unpaired) electrons. The zero-order valence-electron chi connectivity index (χ0n) is 11.1. The predicted molar refractivity (Wildman–Crippen MR) is 75.5 cm³/mol. The molecule has 0 aliphatic carbocycles. The van der Waals surface area contributed by atoms with Gasteiger partial charge in [0, 0.05) is 5.92 Å². The number of carbonyl (C=O) groups excluding carboxylic acids is 1. The maximum atomic E-state index is 11.3. The van der Waals surface area contributed by atoms with Crippen molar-refractivity contribution in [3.05, 3.63) is 29.8 Å². The Morgan fingerprint density at radius 3 is 2.33 bits per heavy atom. The van der Waals surface area contributed by atoms with E-state index in [0.717, 1.165) is 11.5 Å². The molecule has 0 aliphatic rings. The molecule has 0 heterocycles. The topological polar surface area (TPSA) is 35.5 Å². The van der Waals surface area contributed by atoms with Gasteiger partial charge in [0.05, 0.1) is 19.3 Å². The fourth-order valence-electron chi connectivity index (χ4n) is 1.46. The Labute approximate surface area is 114 Å². The molecule has 1 unspecified atom stereocenters. The van der Waals surface area contributed by atoms with Crippen LogP contribution in [0.3, 0.4) is 0 Å². The lowest BCUT2D eigenvalue weighted by Gasteiger charge is -2.19. The number of thiol groups is 1. The van der Waals surface area contributed by atoms with Crippen LogP contribution in [0.25, 0.3) is 0 Å². The van der Waals surface area contributed by atoms with Crippen molar-refractivity contribution in [2.75, 3.05) is 19.5 Å². The van der Waals surface area contributed by atoms with Gasteiger partial charge in [-0.2, -0.15) is 12.6 Å². The van der Waals surface area contributed by atoms with Crippen LogP contribution in [0.4, 0.5) is 0 Å². The Bertz CT molecular complexity index is 373.